The van der Waals surface area contributed by atoms with Crippen LogP contribution in [-0.2, 0) is 13.5 Å². The van der Waals surface area contributed by atoms with Gasteiger partial charge in [-0.2, -0.15) is 4.57 Å². The number of hydrogen-bond acceptors (Lipinski definition) is 0. The molecule has 0 unspecified atom stereocenters. The van der Waals surface area contributed by atoms with Crippen LogP contribution >= 0.6 is 0 Å². The number of rotatable bonds is 3. The Morgan fingerprint density at radius 3 is 2.20 bits per heavy atom. The quantitative estimate of drug-likeness (QED) is 0.323. The average molecular weight is 395 g/mol. The Bertz CT molecular complexity index is 1210. The minimum Gasteiger partial charge on any atom is -0.198 e. The van der Waals surface area contributed by atoms with Crippen molar-refractivity contribution in [2.24, 2.45) is 12.5 Å². The summed E-state index contributed by atoms with van der Waals surface area (Å²) < 4.78 is 2.34. The maximum atomic E-state index is 2.38. The molecule has 4 aromatic rings. The standard InChI is InChI=1S/C29H32N/c1-20-12-14-24(23-10-8-7-9-11-23)18-27(20)28-26-15-13-22(19-29(3,4)5)17-25(26)16-21(2)30(28)6/h7-18H,19H2,1-6H3/q+1. The van der Waals surface area contributed by atoms with Gasteiger partial charge in [-0.25, -0.2) is 0 Å². The number of pyridine rings is 1. The highest BCUT2D eigenvalue weighted by Gasteiger charge is 2.21. The first-order valence-electron chi connectivity index (χ1n) is 10.8. The van der Waals surface area contributed by atoms with Crippen molar-refractivity contribution in [3.63, 3.8) is 0 Å². The molecule has 0 saturated carbocycles. The number of benzene rings is 3. The van der Waals surface area contributed by atoms with Gasteiger partial charge >= 0.3 is 0 Å². The number of aryl methyl sites for hydroxylation is 2. The van der Waals surface area contributed by atoms with E-state index in [1.54, 1.807) is 0 Å². The van der Waals surface area contributed by atoms with E-state index in [1.165, 1.54) is 50.0 Å². The average Bonchev–Trinajstić information content (AvgIpc) is 2.69. The fourth-order valence-corrected chi connectivity index (χ4v) is 4.36. The minimum absolute atomic E-state index is 0.283. The number of fused-ring (bicyclic) bond motifs is 1. The third-order valence-electron chi connectivity index (χ3n) is 5.93. The molecule has 0 aliphatic heterocycles. The van der Waals surface area contributed by atoms with Crippen LogP contribution in [0.2, 0.25) is 0 Å². The van der Waals surface area contributed by atoms with E-state index < -0.39 is 0 Å². The number of hydrogen-bond donors (Lipinski definition) is 0. The highest BCUT2D eigenvalue weighted by Crippen LogP contribution is 2.33. The molecule has 0 spiro atoms. The van der Waals surface area contributed by atoms with Gasteiger partial charge in [0.25, 0.3) is 0 Å². The second-order valence-electron chi connectivity index (χ2n) is 9.75. The molecule has 0 aliphatic rings. The molecule has 1 heteroatoms. The third kappa shape index (κ3) is 4.03. The Labute approximate surface area is 181 Å². The van der Waals surface area contributed by atoms with Gasteiger partial charge in [0.15, 0.2) is 5.69 Å². The maximum Gasteiger partial charge on any atom is 0.220 e. The first-order chi connectivity index (χ1) is 14.2. The van der Waals surface area contributed by atoms with E-state index in [-0.39, 0.29) is 5.41 Å². The molecule has 0 fully saturated rings. The van der Waals surface area contributed by atoms with Crippen molar-refractivity contribution < 1.29 is 4.57 Å². The van der Waals surface area contributed by atoms with Crippen molar-refractivity contribution >= 4 is 10.8 Å². The molecular formula is C29H32N+. The molecule has 0 radical (unpaired) electrons. The molecule has 1 heterocycles. The first-order valence-corrected chi connectivity index (χ1v) is 10.8. The Kier molecular flexibility index (Phi) is 5.24. The van der Waals surface area contributed by atoms with Crippen molar-refractivity contribution in [2.75, 3.05) is 0 Å². The van der Waals surface area contributed by atoms with Crippen LogP contribution in [0, 0.1) is 19.3 Å². The summed E-state index contributed by atoms with van der Waals surface area (Å²) in [7, 11) is 2.18. The lowest BCUT2D eigenvalue weighted by molar-refractivity contribution is -0.665. The predicted octanol–water partition coefficient (Wildman–Crippen LogP) is 7.20. The molecule has 4 rings (SSSR count). The van der Waals surface area contributed by atoms with E-state index in [4.69, 9.17) is 0 Å². The van der Waals surface area contributed by atoms with Crippen LogP contribution in [0.5, 0.6) is 0 Å². The van der Waals surface area contributed by atoms with Crippen LogP contribution in [0.25, 0.3) is 33.2 Å². The monoisotopic (exact) mass is 394 g/mol. The van der Waals surface area contributed by atoms with E-state index in [1.807, 2.05) is 0 Å². The van der Waals surface area contributed by atoms with Gasteiger partial charge in [0.2, 0.25) is 5.69 Å². The Morgan fingerprint density at radius 2 is 1.50 bits per heavy atom. The Hall–Kier alpha value is -2.93. The van der Waals surface area contributed by atoms with Crippen molar-refractivity contribution in [1.82, 2.24) is 0 Å². The largest absolute Gasteiger partial charge is 0.220 e. The van der Waals surface area contributed by atoms with Gasteiger partial charge in [-0.1, -0.05) is 75.4 Å². The van der Waals surface area contributed by atoms with Crippen molar-refractivity contribution in [2.45, 2.75) is 41.0 Å². The topological polar surface area (TPSA) is 3.88 Å². The maximum absolute atomic E-state index is 2.38. The van der Waals surface area contributed by atoms with Crippen LogP contribution in [-0.4, -0.2) is 0 Å². The van der Waals surface area contributed by atoms with Gasteiger partial charge in [0, 0.05) is 13.0 Å². The zero-order valence-electron chi connectivity index (χ0n) is 19.1. The SMILES string of the molecule is Cc1ccc(-c2ccccc2)cc1-c1c2ccc(CC(C)(C)C)cc2cc(C)[n+]1C. The smallest absolute Gasteiger partial charge is 0.198 e. The molecule has 152 valence electrons. The van der Waals surface area contributed by atoms with Crippen LogP contribution in [0.3, 0.4) is 0 Å². The molecular weight excluding hydrogens is 362 g/mol. The fourth-order valence-electron chi connectivity index (χ4n) is 4.36. The summed E-state index contributed by atoms with van der Waals surface area (Å²) in [6, 6.07) is 26.8. The summed E-state index contributed by atoms with van der Waals surface area (Å²) in [6.45, 7) is 11.3. The van der Waals surface area contributed by atoms with E-state index in [0.29, 0.717) is 0 Å². The van der Waals surface area contributed by atoms with Crippen LogP contribution in [0.1, 0.15) is 37.6 Å². The summed E-state index contributed by atoms with van der Waals surface area (Å²) in [5.74, 6) is 0. The summed E-state index contributed by atoms with van der Waals surface area (Å²) in [4.78, 5) is 0. The molecule has 0 atom stereocenters. The summed E-state index contributed by atoms with van der Waals surface area (Å²) >= 11 is 0. The van der Waals surface area contributed by atoms with Gasteiger partial charge in [-0.15, -0.1) is 0 Å². The molecule has 0 N–H and O–H groups in total. The second kappa shape index (κ2) is 7.72. The van der Waals surface area contributed by atoms with Gasteiger partial charge in [-0.3, -0.25) is 0 Å². The zero-order valence-corrected chi connectivity index (χ0v) is 19.1. The van der Waals surface area contributed by atoms with E-state index >= 15 is 0 Å². The first kappa shape index (κ1) is 20.3. The lowest BCUT2D eigenvalue weighted by Gasteiger charge is -2.19. The lowest BCUT2D eigenvalue weighted by Crippen LogP contribution is -2.35. The van der Waals surface area contributed by atoms with Crippen LogP contribution in [0.4, 0.5) is 0 Å². The summed E-state index contributed by atoms with van der Waals surface area (Å²) in [5, 5.41) is 2.64. The second-order valence-corrected chi connectivity index (χ2v) is 9.75. The number of aromatic nitrogens is 1. The Balaban J connectivity index is 1.93. The summed E-state index contributed by atoms with van der Waals surface area (Å²) in [5.41, 5.74) is 9.38. The predicted molar refractivity (Wildman–Crippen MR) is 129 cm³/mol. The molecule has 30 heavy (non-hydrogen) atoms. The van der Waals surface area contributed by atoms with Gasteiger partial charge in [0.05, 0.1) is 10.9 Å². The molecule has 0 saturated heterocycles. The van der Waals surface area contributed by atoms with Gasteiger partial charge in [-0.05, 0) is 58.5 Å². The van der Waals surface area contributed by atoms with Gasteiger partial charge < -0.3 is 0 Å². The molecule has 0 amide bonds. The van der Waals surface area contributed by atoms with Crippen molar-refractivity contribution in [1.29, 1.82) is 0 Å². The summed E-state index contributed by atoms with van der Waals surface area (Å²) in [6.07, 6.45) is 1.08. The fraction of sp³-hybridized carbons (Fsp3) is 0.276. The third-order valence-corrected chi connectivity index (χ3v) is 5.93. The highest BCUT2D eigenvalue weighted by atomic mass is 14.9. The van der Waals surface area contributed by atoms with Crippen LogP contribution in [0.15, 0.2) is 72.8 Å². The zero-order chi connectivity index (χ0) is 21.5. The molecule has 3 aromatic carbocycles. The molecule has 0 bridgehead atoms. The molecule has 1 nitrogen and oxygen atoms in total. The molecule has 0 aliphatic carbocycles. The normalized spacial score (nSPS) is 11.8. The van der Waals surface area contributed by atoms with E-state index in [9.17, 15) is 0 Å². The minimum atomic E-state index is 0.283. The van der Waals surface area contributed by atoms with E-state index in [0.717, 1.165) is 6.42 Å². The van der Waals surface area contributed by atoms with Gasteiger partial charge in [0.1, 0.15) is 7.05 Å². The van der Waals surface area contributed by atoms with Crippen molar-refractivity contribution in [3.8, 4) is 22.4 Å². The highest BCUT2D eigenvalue weighted by molar-refractivity contribution is 5.95. The Morgan fingerprint density at radius 1 is 0.767 bits per heavy atom. The van der Waals surface area contributed by atoms with Crippen molar-refractivity contribution in [3.05, 3.63) is 89.6 Å². The lowest BCUT2D eigenvalue weighted by atomic mass is 9.87. The number of nitrogens with zero attached hydrogens (tertiary/aromatic N) is 1. The molecule has 1 aromatic heterocycles. The van der Waals surface area contributed by atoms with E-state index in [2.05, 4.69) is 119 Å². The van der Waals surface area contributed by atoms with Crippen LogP contribution < -0.4 is 4.57 Å².